The Morgan fingerprint density at radius 3 is 2.65 bits per heavy atom. The lowest BCUT2D eigenvalue weighted by molar-refractivity contribution is 0.414. The van der Waals surface area contributed by atoms with E-state index in [-0.39, 0.29) is 5.56 Å². The third-order valence-electron chi connectivity index (χ3n) is 3.99. The molecule has 0 saturated carbocycles. The van der Waals surface area contributed by atoms with Gasteiger partial charge in [0.2, 0.25) is 0 Å². The molecule has 0 fully saturated rings. The number of hydrogen-bond donors (Lipinski definition) is 0. The molecular weight excluding hydrogens is 328 g/mol. The Hall–Kier alpha value is -3.67. The molecule has 0 unspecified atom stereocenters. The number of aromatic nitrogens is 4. The van der Waals surface area contributed by atoms with Crippen molar-refractivity contribution >= 4 is 17.8 Å². The standard InChI is InChI=1S/C20H16N4O2/c1-26-18-8-6-17(7-9-18)23-12-10-19-22-16(13-20(25)24(19)23)5-4-15-3-2-11-21-14-15/h2-14H,1H3. The molecule has 3 heterocycles. The van der Waals surface area contributed by atoms with Gasteiger partial charge in [-0.05, 0) is 42.0 Å². The highest BCUT2D eigenvalue weighted by Gasteiger charge is 2.07. The summed E-state index contributed by atoms with van der Waals surface area (Å²) in [6.45, 7) is 0. The molecular formula is C20H16N4O2. The van der Waals surface area contributed by atoms with E-state index in [1.165, 1.54) is 10.6 Å². The predicted octanol–water partition coefficient (Wildman–Crippen LogP) is 3.06. The first-order valence-electron chi connectivity index (χ1n) is 8.08. The Balaban J connectivity index is 1.73. The van der Waals surface area contributed by atoms with Gasteiger partial charge in [0, 0.05) is 30.7 Å². The predicted molar refractivity (Wildman–Crippen MR) is 101 cm³/mol. The normalized spacial score (nSPS) is 11.3. The molecule has 0 N–H and O–H groups in total. The molecule has 26 heavy (non-hydrogen) atoms. The zero-order valence-electron chi connectivity index (χ0n) is 14.1. The molecule has 4 aromatic rings. The van der Waals surface area contributed by atoms with Gasteiger partial charge in [0.1, 0.15) is 5.75 Å². The van der Waals surface area contributed by atoms with Gasteiger partial charge >= 0.3 is 0 Å². The van der Waals surface area contributed by atoms with Crippen LogP contribution in [-0.2, 0) is 0 Å². The molecule has 128 valence electrons. The Morgan fingerprint density at radius 1 is 1.08 bits per heavy atom. The molecule has 0 atom stereocenters. The van der Waals surface area contributed by atoms with Crippen molar-refractivity contribution in [3.05, 3.63) is 88.7 Å². The summed E-state index contributed by atoms with van der Waals surface area (Å²) in [6, 6.07) is 14.6. The molecule has 0 spiro atoms. The summed E-state index contributed by atoms with van der Waals surface area (Å²) >= 11 is 0. The molecule has 0 aliphatic rings. The molecule has 6 heteroatoms. The first kappa shape index (κ1) is 15.8. The fourth-order valence-electron chi connectivity index (χ4n) is 2.72. The second-order valence-corrected chi connectivity index (χ2v) is 5.67. The number of nitrogens with zero attached hydrogens (tertiary/aromatic N) is 4. The van der Waals surface area contributed by atoms with Crippen LogP contribution in [0.15, 0.2) is 71.9 Å². The second-order valence-electron chi connectivity index (χ2n) is 5.67. The van der Waals surface area contributed by atoms with Gasteiger partial charge < -0.3 is 4.74 Å². The van der Waals surface area contributed by atoms with Crippen molar-refractivity contribution in [3.8, 4) is 11.4 Å². The molecule has 0 amide bonds. The van der Waals surface area contributed by atoms with Gasteiger partial charge in [-0.2, -0.15) is 4.52 Å². The fraction of sp³-hybridized carbons (Fsp3) is 0.0500. The van der Waals surface area contributed by atoms with Crippen LogP contribution in [0.1, 0.15) is 11.3 Å². The van der Waals surface area contributed by atoms with E-state index >= 15 is 0 Å². The van der Waals surface area contributed by atoms with Gasteiger partial charge in [0.05, 0.1) is 18.5 Å². The maximum absolute atomic E-state index is 12.6. The van der Waals surface area contributed by atoms with Crippen LogP contribution in [0, 0.1) is 0 Å². The lowest BCUT2D eigenvalue weighted by Gasteiger charge is -2.07. The highest BCUT2D eigenvalue weighted by Crippen LogP contribution is 2.15. The number of hydrogen-bond acceptors (Lipinski definition) is 4. The summed E-state index contributed by atoms with van der Waals surface area (Å²) in [4.78, 5) is 21.2. The molecule has 0 aliphatic carbocycles. The molecule has 0 aliphatic heterocycles. The number of rotatable bonds is 4. The largest absolute Gasteiger partial charge is 0.497 e. The average Bonchev–Trinajstić information content (AvgIpc) is 3.12. The van der Waals surface area contributed by atoms with Crippen LogP contribution >= 0.6 is 0 Å². The van der Waals surface area contributed by atoms with Crippen molar-refractivity contribution in [2.45, 2.75) is 0 Å². The summed E-state index contributed by atoms with van der Waals surface area (Å²) in [5.74, 6) is 0.763. The van der Waals surface area contributed by atoms with Crippen LogP contribution in [0.25, 0.3) is 23.5 Å². The van der Waals surface area contributed by atoms with Gasteiger partial charge in [-0.1, -0.05) is 12.1 Å². The van der Waals surface area contributed by atoms with E-state index in [9.17, 15) is 4.79 Å². The summed E-state index contributed by atoms with van der Waals surface area (Å²) < 4.78 is 8.47. The molecule has 4 rings (SSSR count). The first-order chi connectivity index (χ1) is 12.7. The number of methoxy groups -OCH3 is 1. The molecule has 0 saturated heterocycles. The van der Waals surface area contributed by atoms with Crippen molar-refractivity contribution in [1.82, 2.24) is 19.2 Å². The second kappa shape index (κ2) is 6.68. The Bertz CT molecular complexity index is 1130. The monoisotopic (exact) mass is 344 g/mol. The average molecular weight is 344 g/mol. The quantitative estimate of drug-likeness (QED) is 0.571. The van der Waals surface area contributed by atoms with Gasteiger partial charge in [-0.15, -0.1) is 0 Å². The molecule has 0 bridgehead atoms. The summed E-state index contributed by atoms with van der Waals surface area (Å²) in [6.07, 6.45) is 8.98. The fourth-order valence-corrected chi connectivity index (χ4v) is 2.72. The Labute approximate surface area is 149 Å². The van der Waals surface area contributed by atoms with Crippen LogP contribution < -0.4 is 10.3 Å². The van der Waals surface area contributed by atoms with Crippen molar-refractivity contribution in [3.63, 3.8) is 0 Å². The third kappa shape index (κ3) is 3.00. The van der Waals surface area contributed by atoms with Crippen molar-refractivity contribution < 1.29 is 4.74 Å². The van der Waals surface area contributed by atoms with Crippen LogP contribution in [0.5, 0.6) is 5.75 Å². The summed E-state index contributed by atoms with van der Waals surface area (Å²) in [7, 11) is 1.62. The minimum Gasteiger partial charge on any atom is -0.497 e. The zero-order valence-corrected chi connectivity index (χ0v) is 14.1. The van der Waals surface area contributed by atoms with E-state index in [0.717, 1.165) is 17.0 Å². The van der Waals surface area contributed by atoms with Crippen molar-refractivity contribution in [2.75, 3.05) is 7.11 Å². The van der Waals surface area contributed by atoms with E-state index in [4.69, 9.17) is 4.74 Å². The van der Waals surface area contributed by atoms with E-state index in [1.807, 2.05) is 60.8 Å². The molecule has 0 radical (unpaired) electrons. The van der Waals surface area contributed by atoms with Gasteiger partial charge in [0.25, 0.3) is 5.56 Å². The molecule has 3 aromatic heterocycles. The van der Waals surface area contributed by atoms with Crippen LogP contribution in [-0.4, -0.2) is 26.3 Å². The number of fused-ring (bicyclic) bond motifs is 1. The highest BCUT2D eigenvalue weighted by molar-refractivity contribution is 5.68. The van der Waals surface area contributed by atoms with E-state index in [1.54, 1.807) is 24.2 Å². The smallest absolute Gasteiger partial charge is 0.273 e. The Kier molecular flexibility index (Phi) is 4.07. The lowest BCUT2D eigenvalue weighted by atomic mass is 10.2. The highest BCUT2D eigenvalue weighted by atomic mass is 16.5. The number of pyridine rings is 1. The van der Waals surface area contributed by atoms with E-state index < -0.39 is 0 Å². The Morgan fingerprint density at radius 2 is 1.92 bits per heavy atom. The minimum atomic E-state index is -0.151. The first-order valence-corrected chi connectivity index (χ1v) is 8.08. The topological polar surface area (TPSA) is 61.4 Å². The maximum Gasteiger partial charge on any atom is 0.273 e. The van der Waals surface area contributed by atoms with Crippen LogP contribution in [0.4, 0.5) is 0 Å². The third-order valence-corrected chi connectivity index (χ3v) is 3.99. The SMILES string of the molecule is COc1ccc(-n2ccc3nc(C=Cc4cccnc4)cc(=O)n32)cc1. The van der Waals surface area contributed by atoms with Crippen molar-refractivity contribution in [1.29, 1.82) is 0 Å². The zero-order chi connectivity index (χ0) is 17.9. The molecule has 6 nitrogen and oxygen atoms in total. The lowest BCUT2D eigenvalue weighted by Crippen LogP contribution is -2.19. The van der Waals surface area contributed by atoms with E-state index in [0.29, 0.717) is 11.3 Å². The van der Waals surface area contributed by atoms with Crippen LogP contribution in [0.2, 0.25) is 0 Å². The maximum atomic E-state index is 12.6. The van der Waals surface area contributed by atoms with Gasteiger partial charge in [-0.3, -0.25) is 14.5 Å². The number of benzene rings is 1. The van der Waals surface area contributed by atoms with Gasteiger partial charge in [-0.25, -0.2) is 4.98 Å². The summed E-state index contributed by atoms with van der Waals surface area (Å²) in [5, 5.41) is 0. The molecule has 1 aromatic carbocycles. The van der Waals surface area contributed by atoms with Gasteiger partial charge in [0.15, 0.2) is 5.65 Å². The number of ether oxygens (including phenoxy) is 1. The van der Waals surface area contributed by atoms with Crippen LogP contribution in [0.3, 0.4) is 0 Å². The van der Waals surface area contributed by atoms with E-state index in [2.05, 4.69) is 9.97 Å². The summed E-state index contributed by atoms with van der Waals surface area (Å²) in [5.41, 5.74) is 2.83. The van der Waals surface area contributed by atoms with Crippen molar-refractivity contribution in [2.24, 2.45) is 0 Å². The minimum absolute atomic E-state index is 0.151.